The summed E-state index contributed by atoms with van der Waals surface area (Å²) < 4.78 is 23.7. The van der Waals surface area contributed by atoms with Crippen molar-refractivity contribution in [2.24, 2.45) is 23.5 Å². The van der Waals surface area contributed by atoms with Crippen molar-refractivity contribution in [1.29, 1.82) is 0 Å². The highest BCUT2D eigenvalue weighted by molar-refractivity contribution is 5.96. The molecule has 21 nitrogen and oxygen atoms in total. The molecule has 2 fully saturated rings. The summed E-state index contributed by atoms with van der Waals surface area (Å²) in [6.45, 7) is 5.22. The largest absolute Gasteiger partial charge is 0.481 e. The second kappa shape index (κ2) is 33.7. The fourth-order valence-corrected chi connectivity index (χ4v) is 10.1. The Morgan fingerprint density at radius 1 is 0.725 bits per heavy atom. The van der Waals surface area contributed by atoms with Gasteiger partial charge in [0.05, 0.1) is 79.6 Å². The van der Waals surface area contributed by atoms with Crippen LogP contribution in [0.5, 0.6) is 0 Å². The van der Waals surface area contributed by atoms with Crippen molar-refractivity contribution in [3.8, 4) is 0 Å². The van der Waals surface area contributed by atoms with Crippen molar-refractivity contribution < 1.29 is 94.3 Å². The molecule has 3 heterocycles. The van der Waals surface area contributed by atoms with E-state index in [-0.39, 0.29) is 36.9 Å². The molecule has 14 N–H and O–H groups in total. The summed E-state index contributed by atoms with van der Waals surface area (Å²) in [5, 5.41) is 122. The molecule has 1 aromatic carbocycles. The predicted octanol–water partition coefficient (Wildman–Crippen LogP) is 2.75. The molecule has 21 heteroatoms. The molecular formula is C59H86N2O19. The number of fused-ring (bicyclic) bond motifs is 2. The number of ether oxygens (including phenoxy) is 4. The number of carbonyl (C=O) groups is 4. The zero-order valence-corrected chi connectivity index (χ0v) is 46.0. The SMILES string of the molecule is CNc1ccc(C(=O)CC(O)CCC(C)C2OC(=O)CC(O)CC(=O)CC(O)CC(O)CC(O)CC(O)CC3(O)CC(O)C(C(=O)O)C(CC(O[C@@H]4O[C@H](C)[C@@H](O)[C@H](N)[C@@H]4O)\C=C/C=C\C=C/C=C\C=C/C=C\C=C/C2C)O3)cc1. The molecular weight excluding hydrogens is 1040 g/mol. The number of hydrogen-bond donors (Lipinski definition) is 13. The lowest BCUT2D eigenvalue weighted by Gasteiger charge is -2.45. The quantitative estimate of drug-likeness (QED) is 0.112. The summed E-state index contributed by atoms with van der Waals surface area (Å²) in [5.41, 5.74) is 7.35. The van der Waals surface area contributed by atoms with Crippen LogP contribution >= 0.6 is 0 Å². The number of carboxylic acids is 1. The number of ketones is 2. The molecule has 0 saturated carbocycles. The Hall–Kier alpha value is -5.08. The van der Waals surface area contributed by atoms with Gasteiger partial charge in [-0.05, 0) is 69.2 Å². The van der Waals surface area contributed by atoms with E-state index in [2.05, 4.69) is 5.32 Å². The highest BCUT2D eigenvalue weighted by atomic mass is 16.7. The highest BCUT2D eigenvalue weighted by Crippen LogP contribution is 2.38. The first kappa shape index (κ1) is 67.4. The molecule has 0 aromatic heterocycles. The van der Waals surface area contributed by atoms with Crippen LogP contribution in [-0.4, -0.2) is 184 Å². The molecule has 2 saturated heterocycles. The fourth-order valence-electron chi connectivity index (χ4n) is 10.1. The van der Waals surface area contributed by atoms with Crippen LogP contribution in [0.4, 0.5) is 5.69 Å². The Morgan fingerprint density at radius 2 is 1.27 bits per heavy atom. The van der Waals surface area contributed by atoms with Gasteiger partial charge in [-0.2, -0.15) is 0 Å². The molecule has 0 spiro atoms. The lowest BCUT2D eigenvalue weighted by atomic mass is 9.82. The van der Waals surface area contributed by atoms with Crippen LogP contribution in [0.2, 0.25) is 0 Å². The van der Waals surface area contributed by atoms with E-state index in [1.165, 1.54) is 13.0 Å². The third-order valence-corrected chi connectivity index (χ3v) is 14.4. The van der Waals surface area contributed by atoms with E-state index in [1.54, 1.807) is 104 Å². The Balaban J connectivity index is 1.54. The summed E-state index contributed by atoms with van der Waals surface area (Å²) in [7, 11) is 1.77. The van der Waals surface area contributed by atoms with Gasteiger partial charge in [-0.1, -0.05) is 98.9 Å². The van der Waals surface area contributed by atoms with Crippen molar-refractivity contribution in [2.45, 2.75) is 195 Å². The summed E-state index contributed by atoms with van der Waals surface area (Å²) >= 11 is 0. The van der Waals surface area contributed by atoms with Gasteiger partial charge in [-0.25, -0.2) is 0 Å². The van der Waals surface area contributed by atoms with Crippen molar-refractivity contribution >= 4 is 29.2 Å². The molecule has 3 aliphatic heterocycles. The van der Waals surface area contributed by atoms with Crippen LogP contribution in [0.15, 0.2) is 109 Å². The number of aliphatic hydroxyl groups is 10. The molecule has 14 unspecified atom stereocenters. The number of aliphatic carboxylic acids is 1. The molecule has 1 aromatic rings. The van der Waals surface area contributed by atoms with Crippen LogP contribution < -0.4 is 11.1 Å². The van der Waals surface area contributed by atoms with E-state index in [4.69, 9.17) is 24.7 Å². The molecule has 0 aliphatic carbocycles. The molecule has 2 bridgehead atoms. The van der Waals surface area contributed by atoms with Crippen molar-refractivity contribution in [3.63, 3.8) is 0 Å². The van der Waals surface area contributed by atoms with Gasteiger partial charge >= 0.3 is 11.9 Å². The first-order chi connectivity index (χ1) is 37.9. The minimum atomic E-state index is -2.34. The zero-order valence-electron chi connectivity index (χ0n) is 46.0. The van der Waals surface area contributed by atoms with E-state index in [1.807, 2.05) is 19.9 Å². The number of hydrogen-bond acceptors (Lipinski definition) is 20. The van der Waals surface area contributed by atoms with Gasteiger partial charge in [0, 0.05) is 62.7 Å². The number of nitrogens with one attached hydrogen (secondary N) is 1. The number of Topliss-reactive ketones (excluding diaryl/α,β-unsaturated/α-hetero) is 2. The van der Waals surface area contributed by atoms with E-state index in [0.717, 1.165) is 5.69 Å². The van der Waals surface area contributed by atoms with Crippen LogP contribution in [0, 0.1) is 17.8 Å². The average Bonchev–Trinajstić information content (AvgIpc) is 3.48. The predicted molar refractivity (Wildman–Crippen MR) is 295 cm³/mol. The molecule has 0 radical (unpaired) electrons. The molecule has 19 atom stereocenters. The number of anilines is 1. The average molecular weight is 1130 g/mol. The topological polar surface area (TPSA) is 366 Å². The normalized spacial score (nSPS) is 38.0. The maximum absolute atomic E-state index is 13.3. The second-order valence-corrected chi connectivity index (χ2v) is 21.4. The monoisotopic (exact) mass is 1130 g/mol. The lowest BCUT2D eigenvalue weighted by molar-refractivity contribution is -0.308. The maximum atomic E-state index is 13.3. The third-order valence-electron chi connectivity index (χ3n) is 14.4. The van der Waals surface area contributed by atoms with Crippen LogP contribution in [0.3, 0.4) is 0 Å². The Bertz CT molecular complexity index is 2300. The van der Waals surface area contributed by atoms with E-state index in [0.29, 0.717) is 12.0 Å². The van der Waals surface area contributed by atoms with Gasteiger partial charge in [0.15, 0.2) is 17.9 Å². The minimum absolute atomic E-state index is 0.106. The number of rotatable bonds is 11. The number of allylic oxidation sites excluding steroid dienone is 12. The zero-order chi connectivity index (χ0) is 59.1. The van der Waals surface area contributed by atoms with Crippen molar-refractivity contribution in [1.82, 2.24) is 0 Å². The van der Waals surface area contributed by atoms with E-state index in [9.17, 15) is 75.3 Å². The summed E-state index contributed by atoms with van der Waals surface area (Å²) in [6, 6.07) is 5.74. The van der Waals surface area contributed by atoms with E-state index < -0.39 is 172 Å². The van der Waals surface area contributed by atoms with Crippen molar-refractivity contribution in [3.05, 3.63) is 115 Å². The second-order valence-electron chi connectivity index (χ2n) is 21.4. The number of esters is 1. The molecule has 3 aliphatic rings. The number of aliphatic hydroxyl groups excluding tert-OH is 9. The summed E-state index contributed by atoms with van der Waals surface area (Å²) in [4.78, 5) is 51.7. The number of carboxylic acid groups (broad SMARTS) is 1. The Morgan fingerprint density at radius 3 is 1.86 bits per heavy atom. The molecule has 0 amide bonds. The number of benzene rings is 1. The lowest BCUT2D eigenvalue weighted by Crippen LogP contribution is -2.61. The molecule has 446 valence electrons. The van der Waals surface area contributed by atoms with Gasteiger partial charge in [-0.3, -0.25) is 19.2 Å². The Labute approximate surface area is 468 Å². The van der Waals surface area contributed by atoms with Gasteiger partial charge in [-0.15, -0.1) is 0 Å². The van der Waals surface area contributed by atoms with E-state index >= 15 is 0 Å². The molecule has 4 rings (SSSR count). The first-order valence-corrected chi connectivity index (χ1v) is 27.4. The van der Waals surface area contributed by atoms with Gasteiger partial charge < -0.3 is 86.2 Å². The Kier molecular flexibility index (Phi) is 28.4. The van der Waals surface area contributed by atoms with Crippen LogP contribution in [-0.2, 0) is 33.3 Å². The highest BCUT2D eigenvalue weighted by Gasteiger charge is 2.51. The van der Waals surface area contributed by atoms with Crippen LogP contribution in [0.25, 0.3) is 0 Å². The molecule has 80 heavy (non-hydrogen) atoms. The van der Waals surface area contributed by atoms with Crippen molar-refractivity contribution in [2.75, 3.05) is 12.4 Å². The minimum Gasteiger partial charge on any atom is -0.481 e. The first-order valence-electron chi connectivity index (χ1n) is 27.4. The standard InChI is InChI=1S/C59H86N2O19/c1-35-17-15-13-11-9-7-5-6-8-10-12-14-16-18-47(78-58-55(73)53(60)54(72)37(3)77-58)32-50-52(57(74)75)49(70)34-59(76,80-50)33-46(68)29-44(66)27-42(64)25-41(63)26-43(65)28-45(67)31-51(71)79-56(35)36(2)19-24-40(62)30-48(69)38-20-22-39(61-4)23-21-38/h5-18,20-23,35-37,40-42,44-47,49-50,52-56,58,61-64,66-68,70,72-73,76H,19,24-34,60H2,1-4H3,(H,74,75)/b6-5-,9-7-,10-8-,13-11-,14-12-,17-15-,18-16-/t35?,36?,37-,40?,41?,42?,44?,45?,46?,47?,49?,50?,52?,53+,54-,55+,56?,58+,59?/m1/s1. The maximum Gasteiger partial charge on any atom is 0.311 e. The van der Waals surface area contributed by atoms with Gasteiger partial charge in [0.2, 0.25) is 0 Å². The van der Waals surface area contributed by atoms with Gasteiger partial charge in [0.25, 0.3) is 0 Å². The summed E-state index contributed by atoms with van der Waals surface area (Å²) in [6.07, 6.45) is 1.86. The number of nitrogens with two attached hydrogens (primary N) is 1. The van der Waals surface area contributed by atoms with Gasteiger partial charge in [0.1, 0.15) is 23.9 Å². The van der Waals surface area contributed by atoms with Crippen LogP contribution in [0.1, 0.15) is 108 Å². The number of carbonyl (C=O) groups excluding carboxylic acids is 3. The third kappa shape index (κ3) is 23.0. The number of cyclic esters (lactones) is 1. The summed E-state index contributed by atoms with van der Waals surface area (Å²) in [5.74, 6) is -7.75. The smallest absolute Gasteiger partial charge is 0.311 e. The fraction of sp³-hybridized carbons (Fsp3) is 0.593.